The van der Waals surface area contributed by atoms with Gasteiger partial charge in [-0.05, 0) is 94.1 Å². The molecule has 0 radical (unpaired) electrons. The molecule has 8 atom stereocenters. The second-order valence-electron chi connectivity index (χ2n) is 13.9. The molecule has 0 amide bonds. The minimum atomic E-state index is -1.33. The minimum Gasteiger partial charge on any atom is -0.456 e. The van der Waals surface area contributed by atoms with Crippen LogP contribution in [0, 0.1) is 39.4 Å². The lowest BCUT2D eigenvalue weighted by molar-refractivity contribution is -0.186. The highest BCUT2D eigenvalue weighted by Gasteiger charge is 2.72. The van der Waals surface area contributed by atoms with E-state index in [1.54, 1.807) is 27.7 Å². The normalized spacial score (nSPS) is 40.4. The summed E-state index contributed by atoms with van der Waals surface area (Å²) >= 11 is 0. The van der Waals surface area contributed by atoms with Crippen molar-refractivity contribution in [2.24, 2.45) is 39.4 Å². The molecule has 8 heteroatoms. The molecular weight excluding hydrogens is 500 g/mol. The van der Waals surface area contributed by atoms with E-state index < -0.39 is 63.1 Å². The van der Waals surface area contributed by atoms with E-state index in [4.69, 9.17) is 4.74 Å². The maximum atomic E-state index is 14.2. The average Bonchev–Trinajstić information content (AvgIpc) is 3.10. The zero-order chi connectivity index (χ0) is 29.3. The Kier molecular flexibility index (Phi) is 7.23. The van der Waals surface area contributed by atoms with Gasteiger partial charge in [-0.2, -0.15) is 0 Å². The van der Waals surface area contributed by atoms with Crippen LogP contribution in [0.15, 0.2) is 23.8 Å². The Morgan fingerprint density at radius 2 is 1.82 bits per heavy atom. The third-order valence-corrected chi connectivity index (χ3v) is 11.2. The Labute approximate surface area is 230 Å². The van der Waals surface area contributed by atoms with E-state index in [9.17, 15) is 34.5 Å². The van der Waals surface area contributed by atoms with Gasteiger partial charge in [0, 0.05) is 18.8 Å². The number of hydrogen-bond acceptors (Lipinski definition) is 8. The molecular formula is C31H44O8. The number of allylic oxidation sites excluding steroid dienone is 2. The van der Waals surface area contributed by atoms with E-state index in [2.05, 4.69) is 6.92 Å². The first kappa shape index (κ1) is 29.8. The van der Waals surface area contributed by atoms with E-state index >= 15 is 0 Å². The smallest absolute Gasteiger partial charge is 0.303 e. The van der Waals surface area contributed by atoms with Crippen LogP contribution in [0.3, 0.4) is 0 Å². The molecule has 0 spiro atoms. The zero-order valence-electron chi connectivity index (χ0n) is 24.2. The van der Waals surface area contributed by atoms with E-state index in [1.807, 2.05) is 13.0 Å². The Morgan fingerprint density at radius 3 is 2.41 bits per heavy atom. The maximum absolute atomic E-state index is 14.2. The zero-order valence-corrected chi connectivity index (χ0v) is 24.2. The quantitative estimate of drug-likeness (QED) is 0.263. The van der Waals surface area contributed by atoms with Gasteiger partial charge < -0.3 is 20.1 Å². The summed E-state index contributed by atoms with van der Waals surface area (Å²) in [7, 11) is 0. The summed E-state index contributed by atoms with van der Waals surface area (Å²) in [5.41, 5.74) is -3.42. The first-order chi connectivity index (χ1) is 17.9. The van der Waals surface area contributed by atoms with Gasteiger partial charge in [-0.15, -0.1) is 0 Å². The van der Waals surface area contributed by atoms with Gasteiger partial charge in [0.25, 0.3) is 0 Å². The van der Waals surface area contributed by atoms with Crippen LogP contribution >= 0.6 is 0 Å². The van der Waals surface area contributed by atoms with Crippen molar-refractivity contribution in [1.82, 2.24) is 0 Å². The highest BCUT2D eigenvalue weighted by atomic mass is 16.6. The standard InChI is InChI=1S/C31H44O8/c1-17(33)39-27(2,3)12-11-21(34)25(37)19-10-13-29(6)23-9-8-18-20(14-22(35)26(38)28(18,4)5)31(23,16-32)24(36)15-30(19,29)7/h8,11-12,19-20,22-23,25,32,35,37H,9-10,13-16H2,1-7H3/b12-11+/t19?,20?,22?,23-,25?,29?,30?,31?/m0/s1. The molecule has 3 saturated carbocycles. The van der Waals surface area contributed by atoms with Crippen molar-refractivity contribution in [1.29, 1.82) is 0 Å². The fourth-order valence-electron chi connectivity index (χ4n) is 8.94. The number of ether oxygens (including phenoxy) is 1. The molecule has 0 bridgehead atoms. The van der Waals surface area contributed by atoms with Crippen LogP contribution in [0.2, 0.25) is 0 Å². The Balaban J connectivity index is 1.70. The summed E-state index contributed by atoms with van der Waals surface area (Å²) in [6, 6.07) is 0. The summed E-state index contributed by atoms with van der Waals surface area (Å²) in [4.78, 5) is 51.6. The first-order valence-corrected chi connectivity index (χ1v) is 14.1. The third-order valence-electron chi connectivity index (χ3n) is 11.2. The molecule has 0 aromatic rings. The monoisotopic (exact) mass is 544 g/mol. The number of carbonyl (C=O) groups is 4. The number of rotatable bonds is 6. The predicted molar refractivity (Wildman–Crippen MR) is 143 cm³/mol. The molecule has 3 N–H and O–H groups in total. The SMILES string of the molecule is CC(=O)OC(C)(C)/C=C/C(=O)C(O)C1CCC2(C)[C@@H]3CC=C4C(CC(O)C(=O)C4(C)C)C3(CO)C(=O)CC12C. The number of esters is 1. The number of fused-ring (bicyclic) bond motifs is 5. The van der Waals surface area contributed by atoms with Crippen LogP contribution in [0.5, 0.6) is 0 Å². The Morgan fingerprint density at radius 1 is 1.18 bits per heavy atom. The van der Waals surface area contributed by atoms with Crippen LogP contribution in [0.1, 0.15) is 80.6 Å². The average molecular weight is 545 g/mol. The molecule has 0 heterocycles. The van der Waals surface area contributed by atoms with Crippen LogP contribution in [-0.4, -0.2) is 63.1 Å². The fraction of sp³-hybridized carbons (Fsp3) is 0.742. The van der Waals surface area contributed by atoms with Crippen molar-refractivity contribution in [3.63, 3.8) is 0 Å². The highest BCUT2D eigenvalue weighted by molar-refractivity contribution is 5.96. The van der Waals surface area contributed by atoms with Crippen molar-refractivity contribution < 1.29 is 39.2 Å². The van der Waals surface area contributed by atoms with E-state index in [-0.39, 0.29) is 36.9 Å². The van der Waals surface area contributed by atoms with E-state index in [0.29, 0.717) is 19.3 Å². The van der Waals surface area contributed by atoms with E-state index in [1.165, 1.54) is 19.1 Å². The second kappa shape index (κ2) is 9.45. The Hall–Kier alpha value is -2.16. The largest absolute Gasteiger partial charge is 0.456 e. The number of aliphatic hydroxyl groups excluding tert-OH is 3. The van der Waals surface area contributed by atoms with Crippen molar-refractivity contribution in [3.05, 3.63) is 23.8 Å². The fourth-order valence-corrected chi connectivity index (χ4v) is 8.94. The highest BCUT2D eigenvalue weighted by Crippen LogP contribution is 2.73. The van der Waals surface area contributed by atoms with Gasteiger partial charge in [0.05, 0.1) is 12.0 Å². The van der Waals surface area contributed by atoms with Crippen LogP contribution in [0.4, 0.5) is 0 Å². The van der Waals surface area contributed by atoms with E-state index in [0.717, 1.165) is 5.57 Å². The van der Waals surface area contributed by atoms with Crippen LogP contribution < -0.4 is 0 Å². The van der Waals surface area contributed by atoms with Crippen molar-refractivity contribution in [2.45, 2.75) is 98.4 Å². The molecule has 3 fully saturated rings. The minimum absolute atomic E-state index is 0.0898. The molecule has 8 nitrogen and oxygen atoms in total. The molecule has 4 aliphatic rings. The van der Waals surface area contributed by atoms with Gasteiger partial charge in [0.1, 0.15) is 23.6 Å². The Bertz CT molecular complexity index is 1150. The molecule has 4 rings (SSSR count). The summed E-state index contributed by atoms with van der Waals surface area (Å²) in [5, 5.41) is 32.9. The predicted octanol–water partition coefficient (Wildman–Crippen LogP) is 3.11. The summed E-state index contributed by atoms with van der Waals surface area (Å²) < 4.78 is 5.21. The van der Waals surface area contributed by atoms with Gasteiger partial charge in [-0.1, -0.05) is 25.5 Å². The lowest BCUT2D eigenvalue weighted by Gasteiger charge is -2.64. The molecule has 0 aliphatic heterocycles. The molecule has 216 valence electrons. The molecule has 4 aliphatic carbocycles. The van der Waals surface area contributed by atoms with Crippen molar-refractivity contribution in [2.75, 3.05) is 6.61 Å². The van der Waals surface area contributed by atoms with Crippen molar-refractivity contribution in [3.8, 4) is 0 Å². The maximum Gasteiger partial charge on any atom is 0.303 e. The number of ketones is 3. The van der Waals surface area contributed by atoms with Gasteiger partial charge in [0.15, 0.2) is 11.6 Å². The number of carbonyl (C=O) groups excluding carboxylic acids is 4. The molecule has 39 heavy (non-hydrogen) atoms. The van der Waals surface area contributed by atoms with Gasteiger partial charge in [-0.25, -0.2) is 0 Å². The molecule has 0 aromatic heterocycles. The summed E-state index contributed by atoms with van der Waals surface area (Å²) in [5.74, 6) is -2.56. The summed E-state index contributed by atoms with van der Waals surface area (Å²) in [6.07, 6.45) is 4.15. The van der Waals surface area contributed by atoms with Crippen molar-refractivity contribution >= 4 is 23.3 Å². The number of aliphatic hydroxyl groups is 3. The first-order valence-electron chi connectivity index (χ1n) is 14.1. The lowest BCUT2D eigenvalue weighted by Crippen LogP contribution is -2.66. The third kappa shape index (κ3) is 4.20. The summed E-state index contributed by atoms with van der Waals surface area (Å²) in [6.45, 7) is 11.9. The van der Waals surface area contributed by atoms with Gasteiger partial charge in [-0.3, -0.25) is 19.2 Å². The number of hydrogen-bond donors (Lipinski definition) is 3. The topological polar surface area (TPSA) is 138 Å². The lowest BCUT2D eigenvalue weighted by atomic mass is 9.38. The molecule has 7 unspecified atom stereocenters. The molecule has 0 saturated heterocycles. The van der Waals surface area contributed by atoms with Gasteiger partial charge >= 0.3 is 5.97 Å². The van der Waals surface area contributed by atoms with Gasteiger partial charge in [0.2, 0.25) is 0 Å². The van der Waals surface area contributed by atoms with Crippen LogP contribution in [0.25, 0.3) is 0 Å². The second-order valence-corrected chi connectivity index (χ2v) is 13.9. The number of Topliss-reactive ketones (excluding diaryl/α,β-unsaturated/α-hetero) is 2. The van der Waals surface area contributed by atoms with Crippen LogP contribution in [-0.2, 0) is 23.9 Å². The molecule has 0 aromatic carbocycles.